The van der Waals surface area contributed by atoms with Gasteiger partial charge in [-0.05, 0) is 29.1 Å². The van der Waals surface area contributed by atoms with E-state index >= 15 is 0 Å². The maximum atomic E-state index is 12.6. The van der Waals surface area contributed by atoms with Crippen LogP contribution < -0.4 is 10.1 Å². The maximum Gasteiger partial charge on any atom is 0.269 e. The summed E-state index contributed by atoms with van der Waals surface area (Å²) in [5.74, 6) is 0.657. The van der Waals surface area contributed by atoms with E-state index < -0.39 is 0 Å². The topological polar surface area (TPSA) is 55.6 Å². The number of thiazole rings is 1. The van der Waals surface area contributed by atoms with Crippen LogP contribution in [-0.2, 0) is 6.54 Å². The first-order chi connectivity index (χ1) is 12.2. The van der Waals surface area contributed by atoms with Gasteiger partial charge in [0.2, 0.25) is 0 Å². The van der Waals surface area contributed by atoms with Gasteiger partial charge in [-0.2, -0.15) is 0 Å². The molecule has 1 amide bonds. The molecule has 3 heterocycles. The smallest absolute Gasteiger partial charge is 0.269 e. The van der Waals surface area contributed by atoms with Gasteiger partial charge < -0.3 is 10.1 Å². The van der Waals surface area contributed by atoms with Crippen molar-refractivity contribution in [3.8, 4) is 16.3 Å². The molecule has 7 heteroatoms. The van der Waals surface area contributed by atoms with Crippen LogP contribution in [0.2, 0.25) is 0 Å². The molecular weight excluding hydrogens is 354 g/mol. The number of benzene rings is 1. The molecule has 126 valence electrons. The number of hydrogen-bond donors (Lipinski definition) is 1. The van der Waals surface area contributed by atoms with E-state index in [-0.39, 0.29) is 5.91 Å². The third-order valence-corrected chi connectivity index (χ3v) is 5.53. The molecule has 3 aromatic heterocycles. The standard InChI is InChI=1S/C18H15N3O2S2/c1-23-13-5-2-4-12(8-13)9-19-17(22)15-11-25-18-20-14(10-21(15)18)16-6-3-7-24-16/h2-8,10-11H,9H2,1H3,(H,19,22). The lowest BCUT2D eigenvalue weighted by Gasteiger charge is -2.06. The van der Waals surface area contributed by atoms with E-state index in [2.05, 4.69) is 10.3 Å². The average Bonchev–Trinajstić information content (AvgIpc) is 3.35. The summed E-state index contributed by atoms with van der Waals surface area (Å²) in [7, 11) is 1.63. The van der Waals surface area contributed by atoms with Gasteiger partial charge in [-0.1, -0.05) is 18.2 Å². The number of carbonyl (C=O) groups is 1. The molecule has 0 saturated heterocycles. The Bertz CT molecular complexity index is 1020. The number of methoxy groups -OCH3 is 1. The number of imidazole rings is 1. The van der Waals surface area contributed by atoms with Crippen molar-refractivity contribution in [2.45, 2.75) is 6.54 Å². The van der Waals surface area contributed by atoms with Crippen LogP contribution in [0, 0.1) is 0 Å². The van der Waals surface area contributed by atoms with Crippen molar-refractivity contribution >= 4 is 33.5 Å². The fraction of sp³-hybridized carbons (Fsp3) is 0.111. The molecule has 0 spiro atoms. The van der Waals surface area contributed by atoms with Gasteiger partial charge in [0.25, 0.3) is 5.91 Å². The number of nitrogens with zero attached hydrogens (tertiary/aromatic N) is 2. The van der Waals surface area contributed by atoms with Crippen LogP contribution in [0.4, 0.5) is 0 Å². The van der Waals surface area contributed by atoms with Crippen LogP contribution in [-0.4, -0.2) is 22.4 Å². The minimum Gasteiger partial charge on any atom is -0.497 e. The minimum atomic E-state index is -0.121. The Kier molecular flexibility index (Phi) is 4.25. The predicted octanol–water partition coefficient (Wildman–Crippen LogP) is 4.06. The van der Waals surface area contributed by atoms with Crippen molar-refractivity contribution in [3.05, 3.63) is 64.6 Å². The predicted molar refractivity (Wildman–Crippen MR) is 101 cm³/mol. The van der Waals surface area contributed by atoms with Crippen molar-refractivity contribution in [1.29, 1.82) is 0 Å². The molecule has 4 rings (SSSR count). The van der Waals surface area contributed by atoms with Gasteiger partial charge in [0.05, 0.1) is 12.0 Å². The lowest BCUT2D eigenvalue weighted by Crippen LogP contribution is -2.23. The normalized spacial score (nSPS) is 10.9. The fourth-order valence-electron chi connectivity index (χ4n) is 2.55. The summed E-state index contributed by atoms with van der Waals surface area (Å²) in [5.41, 5.74) is 2.48. The van der Waals surface area contributed by atoms with E-state index in [1.54, 1.807) is 18.4 Å². The van der Waals surface area contributed by atoms with Gasteiger partial charge in [-0.15, -0.1) is 22.7 Å². The zero-order valence-corrected chi connectivity index (χ0v) is 15.1. The van der Waals surface area contributed by atoms with Crippen molar-refractivity contribution in [2.24, 2.45) is 0 Å². The number of nitrogens with one attached hydrogen (secondary N) is 1. The zero-order valence-electron chi connectivity index (χ0n) is 13.4. The molecule has 0 aliphatic rings. The molecular formula is C18H15N3O2S2. The maximum absolute atomic E-state index is 12.6. The van der Waals surface area contributed by atoms with E-state index in [9.17, 15) is 4.79 Å². The van der Waals surface area contributed by atoms with E-state index in [1.807, 2.05) is 57.8 Å². The largest absolute Gasteiger partial charge is 0.497 e. The zero-order chi connectivity index (χ0) is 17.2. The summed E-state index contributed by atoms with van der Waals surface area (Å²) in [5, 5.41) is 6.81. The van der Waals surface area contributed by atoms with Gasteiger partial charge in [-0.25, -0.2) is 4.98 Å². The average molecular weight is 369 g/mol. The highest BCUT2D eigenvalue weighted by Gasteiger charge is 2.15. The number of rotatable bonds is 5. The van der Waals surface area contributed by atoms with E-state index in [0.29, 0.717) is 12.2 Å². The summed E-state index contributed by atoms with van der Waals surface area (Å²) in [6.07, 6.45) is 1.91. The van der Waals surface area contributed by atoms with Crippen molar-refractivity contribution in [1.82, 2.24) is 14.7 Å². The van der Waals surface area contributed by atoms with E-state index in [1.165, 1.54) is 11.3 Å². The Hall–Kier alpha value is -2.64. The summed E-state index contributed by atoms with van der Waals surface area (Å²) < 4.78 is 7.06. The lowest BCUT2D eigenvalue weighted by molar-refractivity contribution is 0.0945. The van der Waals surface area contributed by atoms with Crippen LogP contribution in [0.25, 0.3) is 15.5 Å². The first kappa shape index (κ1) is 15.9. The van der Waals surface area contributed by atoms with E-state index in [0.717, 1.165) is 26.8 Å². The second kappa shape index (κ2) is 6.70. The van der Waals surface area contributed by atoms with Gasteiger partial charge in [0.15, 0.2) is 4.96 Å². The highest BCUT2D eigenvalue weighted by Crippen LogP contribution is 2.27. The first-order valence-electron chi connectivity index (χ1n) is 7.66. The molecule has 0 aliphatic heterocycles. The van der Waals surface area contributed by atoms with E-state index in [4.69, 9.17) is 4.74 Å². The van der Waals surface area contributed by atoms with Crippen molar-refractivity contribution in [3.63, 3.8) is 0 Å². The number of carbonyl (C=O) groups excluding carboxylic acids is 1. The number of amides is 1. The van der Waals surface area contributed by atoms with Gasteiger partial charge >= 0.3 is 0 Å². The van der Waals surface area contributed by atoms with Crippen LogP contribution in [0.1, 0.15) is 16.1 Å². The number of ether oxygens (including phenoxy) is 1. The highest BCUT2D eigenvalue weighted by molar-refractivity contribution is 7.15. The summed E-state index contributed by atoms with van der Waals surface area (Å²) >= 11 is 3.10. The van der Waals surface area contributed by atoms with Gasteiger partial charge in [0, 0.05) is 18.1 Å². The molecule has 0 aliphatic carbocycles. The number of fused-ring (bicyclic) bond motifs is 1. The molecule has 0 bridgehead atoms. The summed E-state index contributed by atoms with van der Waals surface area (Å²) in [4.78, 5) is 19.1. The van der Waals surface area contributed by atoms with Gasteiger partial charge in [-0.3, -0.25) is 9.20 Å². The van der Waals surface area contributed by atoms with Crippen molar-refractivity contribution < 1.29 is 9.53 Å². The minimum absolute atomic E-state index is 0.121. The third kappa shape index (κ3) is 3.16. The molecule has 4 aromatic rings. The first-order valence-corrected chi connectivity index (χ1v) is 9.42. The lowest BCUT2D eigenvalue weighted by atomic mass is 10.2. The monoisotopic (exact) mass is 369 g/mol. The summed E-state index contributed by atoms with van der Waals surface area (Å²) in [6.45, 7) is 0.444. The summed E-state index contributed by atoms with van der Waals surface area (Å²) in [6, 6.07) is 11.7. The molecule has 0 saturated carbocycles. The number of hydrogen-bond acceptors (Lipinski definition) is 5. The third-order valence-electron chi connectivity index (χ3n) is 3.80. The molecule has 1 aromatic carbocycles. The molecule has 5 nitrogen and oxygen atoms in total. The fourth-order valence-corrected chi connectivity index (χ4v) is 4.08. The molecule has 25 heavy (non-hydrogen) atoms. The quantitative estimate of drug-likeness (QED) is 0.577. The number of aromatic nitrogens is 2. The number of thiophene rings is 1. The van der Waals surface area contributed by atoms with Crippen LogP contribution in [0.5, 0.6) is 5.75 Å². The second-order valence-corrected chi connectivity index (χ2v) is 7.20. The van der Waals surface area contributed by atoms with Crippen LogP contribution in [0.3, 0.4) is 0 Å². The Balaban J connectivity index is 1.53. The molecule has 0 fully saturated rings. The highest BCUT2D eigenvalue weighted by atomic mass is 32.1. The Morgan fingerprint density at radius 2 is 2.20 bits per heavy atom. The molecule has 0 atom stereocenters. The van der Waals surface area contributed by atoms with Crippen molar-refractivity contribution in [2.75, 3.05) is 7.11 Å². The van der Waals surface area contributed by atoms with Crippen LogP contribution >= 0.6 is 22.7 Å². The molecule has 1 N–H and O–H groups in total. The molecule has 0 radical (unpaired) electrons. The Morgan fingerprint density at radius 1 is 1.28 bits per heavy atom. The molecule has 0 unspecified atom stereocenters. The second-order valence-electron chi connectivity index (χ2n) is 5.41. The van der Waals surface area contributed by atoms with Gasteiger partial charge in [0.1, 0.15) is 17.1 Å². The SMILES string of the molecule is COc1cccc(CNC(=O)c2csc3nc(-c4cccs4)cn23)c1. The Morgan fingerprint density at radius 3 is 3.00 bits per heavy atom. The Labute approximate surface area is 152 Å². The van der Waals surface area contributed by atoms with Crippen LogP contribution in [0.15, 0.2) is 53.4 Å².